The van der Waals surface area contributed by atoms with Gasteiger partial charge >= 0.3 is 0 Å². The van der Waals surface area contributed by atoms with Gasteiger partial charge in [-0.05, 0) is 62.8 Å². The predicted octanol–water partition coefficient (Wildman–Crippen LogP) is 3.24. The van der Waals surface area contributed by atoms with Crippen molar-refractivity contribution in [1.29, 1.82) is 0 Å². The van der Waals surface area contributed by atoms with E-state index < -0.39 is 0 Å². The maximum atomic E-state index is 13.1. The van der Waals surface area contributed by atoms with E-state index in [9.17, 15) is 9.18 Å². The van der Waals surface area contributed by atoms with Gasteiger partial charge in [0.05, 0.1) is 6.04 Å². The van der Waals surface area contributed by atoms with Crippen LogP contribution >= 0.6 is 0 Å². The van der Waals surface area contributed by atoms with Crippen molar-refractivity contribution in [3.05, 3.63) is 65.0 Å². The van der Waals surface area contributed by atoms with Crippen molar-refractivity contribution in [1.82, 2.24) is 10.2 Å². The van der Waals surface area contributed by atoms with Crippen molar-refractivity contribution in [2.24, 2.45) is 0 Å². The highest BCUT2D eigenvalue weighted by Crippen LogP contribution is 2.20. The molecule has 0 aliphatic heterocycles. The van der Waals surface area contributed by atoms with Gasteiger partial charge in [0.2, 0.25) is 0 Å². The van der Waals surface area contributed by atoms with Crippen LogP contribution in [0.2, 0.25) is 0 Å². The number of halogens is 1. The SMILES string of the molecule is Cc1cccc(OCC(=O)NC[C@H](c2ccc(F)cc2)N(C)C)c1C. The lowest BCUT2D eigenvalue weighted by molar-refractivity contribution is -0.123. The number of ether oxygens (including phenoxy) is 1. The van der Waals surface area contributed by atoms with Gasteiger partial charge in [0.15, 0.2) is 6.61 Å². The molecule has 0 unspecified atom stereocenters. The molecule has 25 heavy (non-hydrogen) atoms. The molecule has 2 aromatic carbocycles. The van der Waals surface area contributed by atoms with Gasteiger partial charge in [-0.3, -0.25) is 4.79 Å². The number of carbonyl (C=O) groups is 1. The summed E-state index contributed by atoms with van der Waals surface area (Å²) in [4.78, 5) is 14.1. The van der Waals surface area contributed by atoms with Gasteiger partial charge in [0.25, 0.3) is 5.91 Å². The molecule has 1 atom stereocenters. The van der Waals surface area contributed by atoms with Crippen LogP contribution in [0.1, 0.15) is 22.7 Å². The van der Waals surface area contributed by atoms with E-state index in [1.165, 1.54) is 12.1 Å². The molecule has 0 saturated heterocycles. The number of carbonyl (C=O) groups excluding carboxylic acids is 1. The molecule has 0 fully saturated rings. The molecule has 0 saturated carbocycles. The average molecular weight is 344 g/mol. The molecule has 0 aliphatic carbocycles. The van der Waals surface area contributed by atoms with E-state index in [0.29, 0.717) is 6.54 Å². The topological polar surface area (TPSA) is 41.6 Å². The standard InChI is InChI=1S/C20H25FN2O2/c1-14-6-5-7-19(15(14)2)25-13-20(24)22-12-18(23(3)4)16-8-10-17(21)11-9-16/h5-11,18H,12-13H2,1-4H3,(H,22,24)/t18-/m1/s1. The first kappa shape index (κ1) is 18.9. The molecule has 0 aromatic heterocycles. The lowest BCUT2D eigenvalue weighted by atomic mass is 10.1. The predicted molar refractivity (Wildman–Crippen MR) is 97.2 cm³/mol. The Balaban J connectivity index is 1.90. The number of aryl methyl sites for hydroxylation is 1. The second kappa shape index (κ2) is 8.62. The van der Waals surface area contributed by atoms with Crippen molar-refractivity contribution < 1.29 is 13.9 Å². The monoisotopic (exact) mass is 344 g/mol. The van der Waals surface area contributed by atoms with Crippen LogP contribution in [0.25, 0.3) is 0 Å². The van der Waals surface area contributed by atoms with Gasteiger partial charge in [0, 0.05) is 6.54 Å². The van der Waals surface area contributed by atoms with E-state index in [1.807, 2.05) is 51.0 Å². The quantitative estimate of drug-likeness (QED) is 0.838. The zero-order valence-corrected chi connectivity index (χ0v) is 15.2. The van der Waals surface area contributed by atoms with E-state index in [1.54, 1.807) is 12.1 Å². The van der Waals surface area contributed by atoms with Crippen LogP contribution in [-0.4, -0.2) is 38.1 Å². The third-order valence-corrected chi connectivity index (χ3v) is 4.28. The summed E-state index contributed by atoms with van der Waals surface area (Å²) in [5, 5.41) is 2.88. The molecule has 2 aromatic rings. The van der Waals surface area contributed by atoms with Crippen LogP contribution in [0.3, 0.4) is 0 Å². The van der Waals surface area contributed by atoms with Crippen molar-refractivity contribution in [3.8, 4) is 5.75 Å². The molecule has 0 heterocycles. The fourth-order valence-electron chi connectivity index (χ4n) is 2.57. The summed E-state index contributed by atoms with van der Waals surface area (Å²) in [5.41, 5.74) is 3.11. The molecule has 0 radical (unpaired) electrons. The maximum Gasteiger partial charge on any atom is 0.258 e. The van der Waals surface area contributed by atoms with E-state index in [-0.39, 0.29) is 24.4 Å². The lowest BCUT2D eigenvalue weighted by Crippen LogP contribution is -2.36. The number of likely N-dealkylation sites (N-methyl/N-ethyl adjacent to an activating group) is 1. The Hall–Kier alpha value is -2.40. The minimum absolute atomic E-state index is 0.0339. The first-order valence-electron chi connectivity index (χ1n) is 8.26. The van der Waals surface area contributed by atoms with Crippen molar-refractivity contribution >= 4 is 5.91 Å². The van der Waals surface area contributed by atoms with Crippen LogP contribution in [0.5, 0.6) is 5.75 Å². The molecular weight excluding hydrogens is 319 g/mol. The summed E-state index contributed by atoms with van der Waals surface area (Å²) in [6, 6.07) is 12.1. The lowest BCUT2D eigenvalue weighted by Gasteiger charge is -2.25. The van der Waals surface area contributed by atoms with Gasteiger partial charge in [0.1, 0.15) is 11.6 Å². The summed E-state index contributed by atoms with van der Waals surface area (Å²) in [6.07, 6.45) is 0. The number of nitrogens with zero attached hydrogens (tertiary/aromatic N) is 1. The smallest absolute Gasteiger partial charge is 0.258 e. The summed E-state index contributed by atoms with van der Waals surface area (Å²) < 4.78 is 18.7. The maximum absolute atomic E-state index is 13.1. The van der Waals surface area contributed by atoms with Crippen LogP contribution in [0, 0.1) is 19.7 Å². The Morgan fingerprint density at radius 1 is 1.16 bits per heavy atom. The van der Waals surface area contributed by atoms with E-state index in [2.05, 4.69) is 5.32 Å². The van der Waals surface area contributed by atoms with Crippen molar-refractivity contribution in [2.75, 3.05) is 27.2 Å². The molecule has 0 bridgehead atoms. The third kappa shape index (κ3) is 5.29. The zero-order valence-electron chi connectivity index (χ0n) is 15.2. The largest absolute Gasteiger partial charge is 0.483 e. The highest BCUT2D eigenvalue weighted by atomic mass is 19.1. The van der Waals surface area contributed by atoms with Crippen LogP contribution in [-0.2, 0) is 4.79 Å². The molecule has 1 N–H and O–H groups in total. The van der Waals surface area contributed by atoms with Gasteiger partial charge < -0.3 is 15.0 Å². The molecule has 1 amide bonds. The van der Waals surface area contributed by atoms with Gasteiger partial charge in [-0.15, -0.1) is 0 Å². The highest BCUT2D eigenvalue weighted by molar-refractivity contribution is 5.77. The third-order valence-electron chi connectivity index (χ3n) is 4.28. The van der Waals surface area contributed by atoms with Crippen LogP contribution in [0.4, 0.5) is 4.39 Å². The number of hydrogen-bond donors (Lipinski definition) is 1. The van der Waals surface area contributed by atoms with E-state index in [0.717, 1.165) is 22.4 Å². The Kier molecular flexibility index (Phi) is 6.53. The van der Waals surface area contributed by atoms with E-state index >= 15 is 0 Å². The fourth-order valence-corrected chi connectivity index (χ4v) is 2.57. The minimum atomic E-state index is -0.271. The Morgan fingerprint density at radius 3 is 2.48 bits per heavy atom. The second-order valence-electron chi connectivity index (χ2n) is 6.32. The van der Waals surface area contributed by atoms with E-state index in [4.69, 9.17) is 4.74 Å². The first-order valence-corrected chi connectivity index (χ1v) is 8.26. The average Bonchev–Trinajstić information content (AvgIpc) is 2.57. The van der Waals surface area contributed by atoms with Crippen LogP contribution in [0.15, 0.2) is 42.5 Å². The second-order valence-corrected chi connectivity index (χ2v) is 6.32. The Labute approximate surface area is 148 Å². The molecule has 2 rings (SSSR count). The molecular formula is C20H25FN2O2. The molecule has 5 heteroatoms. The normalized spacial score (nSPS) is 12.1. The van der Waals surface area contributed by atoms with Crippen molar-refractivity contribution in [3.63, 3.8) is 0 Å². The fraction of sp³-hybridized carbons (Fsp3) is 0.350. The summed E-state index contributed by atoms with van der Waals surface area (Å²) >= 11 is 0. The van der Waals surface area contributed by atoms with Crippen LogP contribution < -0.4 is 10.1 Å². The Morgan fingerprint density at radius 2 is 1.84 bits per heavy atom. The molecule has 4 nitrogen and oxygen atoms in total. The number of hydrogen-bond acceptors (Lipinski definition) is 3. The van der Waals surface area contributed by atoms with Crippen molar-refractivity contribution in [2.45, 2.75) is 19.9 Å². The van der Waals surface area contributed by atoms with Gasteiger partial charge in [-0.2, -0.15) is 0 Å². The summed E-state index contributed by atoms with van der Waals surface area (Å²) in [6.45, 7) is 4.37. The molecule has 134 valence electrons. The zero-order chi connectivity index (χ0) is 18.4. The minimum Gasteiger partial charge on any atom is -0.483 e. The molecule has 0 aliphatic rings. The number of benzene rings is 2. The number of nitrogens with one attached hydrogen (secondary N) is 1. The highest BCUT2D eigenvalue weighted by Gasteiger charge is 2.15. The Bertz CT molecular complexity index is 714. The number of amides is 1. The summed E-state index contributed by atoms with van der Waals surface area (Å²) in [5.74, 6) is 0.264. The summed E-state index contributed by atoms with van der Waals surface area (Å²) in [7, 11) is 3.85. The molecule has 0 spiro atoms. The van der Waals surface area contributed by atoms with Gasteiger partial charge in [-0.1, -0.05) is 24.3 Å². The number of rotatable bonds is 7. The first-order chi connectivity index (χ1) is 11.9. The van der Waals surface area contributed by atoms with Gasteiger partial charge in [-0.25, -0.2) is 4.39 Å².